The van der Waals surface area contributed by atoms with Crippen LogP contribution in [0.3, 0.4) is 0 Å². The third-order valence-electron chi connectivity index (χ3n) is 1.92. The van der Waals surface area contributed by atoms with Crippen LogP contribution in [0, 0.1) is 0 Å². The Labute approximate surface area is 106 Å². The average molecular weight is 284 g/mol. The van der Waals surface area contributed by atoms with Gasteiger partial charge in [-0.3, -0.25) is 4.79 Å². The van der Waals surface area contributed by atoms with Gasteiger partial charge in [-0.15, -0.1) is 11.8 Å². The molecule has 0 radical (unpaired) electrons. The second-order valence-electron chi connectivity index (χ2n) is 3.10. The number of nitrogens with one attached hydrogen (secondary N) is 1. The van der Waals surface area contributed by atoms with Crippen molar-refractivity contribution < 1.29 is 18.0 Å². The fraction of sp³-hybridized carbons (Fsp3) is 0.300. The van der Waals surface area contributed by atoms with E-state index in [2.05, 4.69) is 5.32 Å². The molecule has 0 unspecified atom stereocenters. The topological polar surface area (TPSA) is 29.1 Å². The lowest BCUT2D eigenvalue weighted by molar-refractivity contribution is -0.137. The largest absolute Gasteiger partial charge is 0.417 e. The van der Waals surface area contributed by atoms with Crippen LogP contribution < -0.4 is 5.32 Å². The quantitative estimate of drug-likeness (QED) is 0.862. The molecule has 0 fully saturated rings. The first-order valence-electron chi connectivity index (χ1n) is 4.50. The van der Waals surface area contributed by atoms with E-state index in [0.29, 0.717) is 0 Å². The number of carbonyl (C=O) groups is 1. The van der Waals surface area contributed by atoms with Crippen molar-refractivity contribution in [3.63, 3.8) is 0 Å². The van der Waals surface area contributed by atoms with Crippen molar-refractivity contribution in [2.24, 2.45) is 0 Å². The summed E-state index contributed by atoms with van der Waals surface area (Å²) in [6.45, 7) is 0. The van der Waals surface area contributed by atoms with Crippen molar-refractivity contribution >= 4 is 29.3 Å². The maximum absolute atomic E-state index is 12.7. The predicted octanol–water partition coefficient (Wildman–Crippen LogP) is 3.41. The third kappa shape index (κ3) is 3.54. The first kappa shape index (κ1) is 14.2. The Bertz CT molecular complexity index is 423. The summed E-state index contributed by atoms with van der Waals surface area (Å²) in [6.07, 6.45) is -2.88. The molecule has 0 aliphatic rings. The summed E-state index contributed by atoms with van der Waals surface area (Å²) < 4.78 is 38.0. The van der Waals surface area contributed by atoms with E-state index in [9.17, 15) is 18.0 Å². The Morgan fingerprint density at radius 2 is 2.12 bits per heavy atom. The highest BCUT2D eigenvalue weighted by molar-refractivity contribution is 7.98. The second kappa shape index (κ2) is 5.64. The summed E-state index contributed by atoms with van der Waals surface area (Å²) in [5.41, 5.74) is -1.56. The van der Waals surface area contributed by atoms with Gasteiger partial charge in [-0.05, 0) is 18.4 Å². The molecule has 1 aromatic rings. The monoisotopic (exact) mass is 283 g/mol. The minimum atomic E-state index is -4.60. The molecule has 0 spiro atoms. The van der Waals surface area contributed by atoms with E-state index in [4.69, 9.17) is 11.6 Å². The lowest BCUT2D eigenvalue weighted by atomic mass is 10.1. The Morgan fingerprint density at radius 1 is 1.47 bits per heavy atom. The molecule has 0 aliphatic carbocycles. The van der Waals surface area contributed by atoms with Crippen LogP contribution in [0.2, 0.25) is 5.02 Å². The molecule has 0 aliphatic heterocycles. The minimum absolute atomic E-state index is 0.210. The van der Waals surface area contributed by atoms with Crippen molar-refractivity contribution in [1.82, 2.24) is 5.32 Å². The highest BCUT2D eigenvalue weighted by Gasteiger charge is 2.36. The lowest BCUT2D eigenvalue weighted by Gasteiger charge is -2.13. The van der Waals surface area contributed by atoms with Gasteiger partial charge >= 0.3 is 6.18 Å². The molecule has 2 nitrogen and oxygen atoms in total. The van der Waals surface area contributed by atoms with Gasteiger partial charge in [-0.25, -0.2) is 0 Å². The van der Waals surface area contributed by atoms with Gasteiger partial charge < -0.3 is 5.32 Å². The van der Waals surface area contributed by atoms with E-state index in [0.717, 1.165) is 12.1 Å². The zero-order chi connectivity index (χ0) is 13.1. The molecule has 0 heterocycles. The van der Waals surface area contributed by atoms with Crippen LogP contribution in [-0.4, -0.2) is 18.0 Å². The Balaban J connectivity index is 3.17. The lowest BCUT2D eigenvalue weighted by Crippen LogP contribution is -2.26. The van der Waals surface area contributed by atoms with Gasteiger partial charge in [0.2, 0.25) is 0 Å². The minimum Gasteiger partial charge on any atom is -0.343 e. The van der Waals surface area contributed by atoms with Gasteiger partial charge in [0.15, 0.2) is 0 Å². The predicted molar refractivity (Wildman–Crippen MR) is 62.3 cm³/mol. The molecule has 1 aromatic carbocycles. The molecule has 1 rings (SSSR count). The maximum atomic E-state index is 12.7. The normalized spacial score (nSPS) is 11.4. The molecular weight excluding hydrogens is 275 g/mol. The Kier molecular flexibility index (Phi) is 4.70. The number of benzene rings is 1. The standard InChI is InChI=1S/C10H9ClF3NOS/c1-17-5-15-9(16)8-6(10(12,13)14)3-2-4-7(8)11/h2-4H,5H2,1H3,(H,15,16). The number of carbonyl (C=O) groups excluding carboxylic acids is 1. The summed E-state index contributed by atoms with van der Waals surface area (Å²) in [5, 5.41) is 2.13. The summed E-state index contributed by atoms with van der Waals surface area (Å²) in [4.78, 5) is 11.6. The van der Waals surface area contributed by atoms with E-state index < -0.39 is 23.2 Å². The molecule has 0 aromatic heterocycles. The maximum Gasteiger partial charge on any atom is 0.417 e. The number of halogens is 4. The van der Waals surface area contributed by atoms with Crippen molar-refractivity contribution in [3.05, 3.63) is 34.3 Å². The number of alkyl halides is 3. The van der Waals surface area contributed by atoms with Crippen LogP contribution in [0.1, 0.15) is 15.9 Å². The SMILES string of the molecule is CSCNC(=O)c1c(Cl)cccc1C(F)(F)F. The van der Waals surface area contributed by atoms with Crippen LogP contribution in [0.4, 0.5) is 13.2 Å². The highest BCUT2D eigenvalue weighted by atomic mass is 35.5. The summed E-state index contributed by atoms with van der Waals surface area (Å²) >= 11 is 6.93. The van der Waals surface area contributed by atoms with Crippen LogP contribution >= 0.6 is 23.4 Å². The molecule has 94 valence electrons. The second-order valence-corrected chi connectivity index (χ2v) is 4.37. The van der Waals surface area contributed by atoms with Gasteiger partial charge in [0.05, 0.1) is 22.0 Å². The molecule has 0 atom stereocenters. The molecule has 1 N–H and O–H groups in total. The van der Waals surface area contributed by atoms with Gasteiger partial charge in [-0.2, -0.15) is 13.2 Å². The molecule has 0 bridgehead atoms. The summed E-state index contributed by atoms with van der Waals surface area (Å²) in [7, 11) is 0. The van der Waals surface area contributed by atoms with Crippen molar-refractivity contribution in [2.45, 2.75) is 6.18 Å². The van der Waals surface area contributed by atoms with Gasteiger partial charge in [0.25, 0.3) is 5.91 Å². The summed E-state index contributed by atoms with van der Waals surface area (Å²) in [5.74, 6) is -0.598. The van der Waals surface area contributed by atoms with Crippen LogP contribution in [0.15, 0.2) is 18.2 Å². The van der Waals surface area contributed by atoms with Crippen LogP contribution in [0.25, 0.3) is 0 Å². The van der Waals surface area contributed by atoms with Gasteiger partial charge in [0.1, 0.15) is 0 Å². The molecule has 1 amide bonds. The van der Waals surface area contributed by atoms with Crippen molar-refractivity contribution in [3.8, 4) is 0 Å². The van der Waals surface area contributed by atoms with Crippen molar-refractivity contribution in [1.29, 1.82) is 0 Å². The van der Waals surface area contributed by atoms with E-state index >= 15 is 0 Å². The number of amides is 1. The number of hydrogen-bond donors (Lipinski definition) is 1. The zero-order valence-electron chi connectivity index (χ0n) is 8.77. The van der Waals surface area contributed by atoms with Crippen molar-refractivity contribution in [2.75, 3.05) is 12.1 Å². The molecule has 17 heavy (non-hydrogen) atoms. The Hall–Kier alpha value is -0.880. The van der Waals surface area contributed by atoms with E-state index in [1.54, 1.807) is 6.26 Å². The first-order chi connectivity index (χ1) is 7.88. The number of hydrogen-bond acceptors (Lipinski definition) is 2. The van der Waals surface area contributed by atoms with Gasteiger partial charge in [0, 0.05) is 0 Å². The molecular formula is C10H9ClF3NOS. The average Bonchev–Trinajstić information content (AvgIpc) is 2.24. The fourth-order valence-electron chi connectivity index (χ4n) is 1.22. The number of rotatable bonds is 3. The van der Waals surface area contributed by atoms with Crippen LogP contribution in [-0.2, 0) is 6.18 Å². The van der Waals surface area contributed by atoms with Gasteiger partial charge in [-0.1, -0.05) is 17.7 Å². The first-order valence-corrected chi connectivity index (χ1v) is 6.28. The highest BCUT2D eigenvalue weighted by Crippen LogP contribution is 2.34. The van der Waals surface area contributed by atoms with E-state index in [1.807, 2.05) is 0 Å². The molecule has 0 saturated carbocycles. The smallest absolute Gasteiger partial charge is 0.343 e. The molecule has 0 saturated heterocycles. The third-order valence-corrected chi connectivity index (χ3v) is 2.67. The Morgan fingerprint density at radius 3 is 2.65 bits per heavy atom. The zero-order valence-corrected chi connectivity index (χ0v) is 10.3. The van der Waals surface area contributed by atoms with E-state index in [-0.39, 0.29) is 10.9 Å². The fourth-order valence-corrected chi connectivity index (χ4v) is 1.75. The van der Waals surface area contributed by atoms with Crippen LogP contribution in [0.5, 0.6) is 0 Å². The van der Waals surface area contributed by atoms with E-state index in [1.165, 1.54) is 17.8 Å². The number of thioether (sulfide) groups is 1. The summed E-state index contributed by atoms with van der Waals surface area (Å²) in [6, 6.07) is 3.25. The molecule has 7 heteroatoms.